The zero-order chi connectivity index (χ0) is 9.26. The van der Waals surface area contributed by atoms with E-state index in [1.165, 1.54) is 0 Å². The van der Waals surface area contributed by atoms with Gasteiger partial charge >= 0.3 is 0 Å². The minimum absolute atomic E-state index is 0.223. The summed E-state index contributed by atoms with van der Waals surface area (Å²) < 4.78 is 0. The van der Waals surface area contributed by atoms with Gasteiger partial charge in [-0.25, -0.2) is 4.98 Å². The Hall–Kier alpha value is -1.60. The largest absolute Gasteiger partial charge is 0.389 e. The van der Waals surface area contributed by atoms with Crippen LogP contribution < -0.4 is 4.90 Å². The van der Waals surface area contributed by atoms with Crippen molar-refractivity contribution < 1.29 is 5.11 Å². The first-order valence-corrected chi connectivity index (χ1v) is 4.09. The highest BCUT2D eigenvalue weighted by atomic mass is 16.3. The highest BCUT2D eigenvalue weighted by molar-refractivity contribution is 5.51. The van der Waals surface area contributed by atoms with Gasteiger partial charge in [-0.3, -0.25) is 0 Å². The van der Waals surface area contributed by atoms with E-state index in [0.29, 0.717) is 18.8 Å². The fraction of sp³-hybridized carbons (Fsp3) is 0.333. The lowest BCUT2D eigenvalue weighted by Crippen LogP contribution is -2.50. The molecule has 1 N–H and O–H groups in total. The normalized spacial score (nSPS) is 16.5. The van der Waals surface area contributed by atoms with Crippen LogP contribution >= 0.6 is 0 Å². The molecule has 0 saturated carbocycles. The number of aliphatic hydroxyl groups is 1. The molecular formula is C9H9N3O. The number of hydrogen-bond donors (Lipinski definition) is 1. The summed E-state index contributed by atoms with van der Waals surface area (Å²) in [5, 5.41) is 17.7. The number of aliphatic hydroxyl groups excluding tert-OH is 1. The van der Waals surface area contributed by atoms with Gasteiger partial charge in [0, 0.05) is 25.0 Å². The molecule has 66 valence electrons. The third-order valence-electron chi connectivity index (χ3n) is 2.09. The number of anilines is 1. The first kappa shape index (κ1) is 8.02. The van der Waals surface area contributed by atoms with E-state index >= 15 is 0 Å². The van der Waals surface area contributed by atoms with E-state index in [4.69, 9.17) is 10.4 Å². The Morgan fingerprint density at radius 3 is 3.00 bits per heavy atom. The Labute approximate surface area is 76.1 Å². The van der Waals surface area contributed by atoms with Gasteiger partial charge in [-0.15, -0.1) is 0 Å². The highest BCUT2D eigenvalue weighted by Crippen LogP contribution is 2.20. The molecule has 13 heavy (non-hydrogen) atoms. The molecule has 0 unspecified atom stereocenters. The molecule has 1 saturated heterocycles. The maximum absolute atomic E-state index is 9.08. The summed E-state index contributed by atoms with van der Waals surface area (Å²) in [7, 11) is 0. The van der Waals surface area contributed by atoms with Crippen molar-refractivity contribution in [2.75, 3.05) is 18.0 Å². The van der Waals surface area contributed by atoms with Gasteiger partial charge in [-0.05, 0) is 12.1 Å². The molecular weight excluding hydrogens is 166 g/mol. The first-order valence-electron chi connectivity index (χ1n) is 4.09. The topological polar surface area (TPSA) is 60.2 Å². The van der Waals surface area contributed by atoms with Crippen LogP contribution in [0.5, 0.6) is 0 Å². The zero-order valence-corrected chi connectivity index (χ0v) is 7.01. The Morgan fingerprint density at radius 2 is 2.38 bits per heavy atom. The van der Waals surface area contributed by atoms with E-state index in [0.717, 1.165) is 5.69 Å². The predicted molar refractivity (Wildman–Crippen MR) is 47.2 cm³/mol. The minimum Gasteiger partial charge on any atom is -0.389 e. The van der Waals surface area contributed by atoms with Crippen LogP contribution in [0, 0.1) is 11.3 Å². The number of pyridine rings is 1. The van der Waals surface area contributed by atoms with Crippen molar-refractivity contribution in [2.24, 2.45) is 0 Å². The molecule has 1 aliphatic heterocycles. The molecule has 1 aliphatic rings. The summed E-state index contributed by atoms with van der Waals surface area (Å²) >= 11 is 0. The molecule has 0 aliphatic carbocycles. The summed E-state index contributed by atoms with van der Waals surface area (Å²) in [4.78, 5) is 5.87. The third kappa shape index (κ3) is 1.46. The SMILES string of the molecule is N#Cc1cc(N2CC(O)C2)ccn1. The first-order chi connectivity index (χ1) is 6.29. The Morgan fingerprint density at radius 1 is 1.62 bits per heavy atom. The fourth-order valence-corrected chi connectivity index (χ4v) is 1.34. The lowest BCUT2D eigenvalue weighted by Gasteiger charge is -2.37. The van der Waals surface area contributed by atoms with E-state index in [2.05, 4.69) is 4.98 Å². The van der Waals surface area contributed by atoms with Crippen LogP contribution in [0.3, 0.4) is 0 Å². The summed E-state index contributed by atoms with van der Waals surface area (Å²) in [5.74, 6) is 0. The summed E-state index contributed by atoms with van der Waals surface area (Å²) in [6, 6.07) is 5.55. The summed E-state index contributed by atoms with van der Waals surface area (Å²) in [6.45, 7) is 1.30. The molecule has 1 fully saturated rings. The zero-order valence-electron chi connectivity index (χ0n) is 7.01. The molecule has 0 spiro atoms. The molecule has 4 heteroatoms. The van der Waals surface area contributed by atoms with Gasteiger partial charge in [0.1, 0.15) is 11.8 Å². The average molecular weight is 175 g/mol. The van der Waals surface area contributed by atoms with Crippen molar-refractivity contribution in [3.8, 4) is 6.07 Å². The molecule has 4 nitrogen and oxygen atoms in total. The van der Waals surface area contributed by atoms with Gasteiger partial charge < -0.3 is 10.0 Å². The lowest BCUT2D eigenvalue weighted by atomic mass is 10.1. The molecule has 1 aromatic heterocycles. The molecule has 0 amide bonds. The molecule has 0 atom stereocenters. The number of nitrogens with zero attached hydrogens (tertiary/aromatic N) is 3. The van der Waals surface area contributed by atoms with Gasteiger partial charge in [-0.2, -0.15) is 5.26 Å². The Kier molecular flexibility index (Phi) is 1.87. The quantitative estimate of drug-likeness (QED) is 0.659. The summed E-state index contributed by atoms with van der Waals surface area (Å²) in [5.41, 5.74) is 1.37. The van der Waals surface area contributed by atoms with Crippen LogP contribution in [-0.2, 0) is 0 Å². The number of nitriles is 1. The minimum atomic E-state index is -0.223. The van der Waals surface area contributed by atoms with Crippen LogP contribution in [0.4, 0.5) is 5.69 Å². The maximum atomic E-state index is 9.08. The Balaban J connectivity index is 2.18. The molecule has 0 aromatic carbocycles. The van der Waals surface area contributed by atoms with Crippen molar-refractivity contribution in [3.63, 3.8) is 0 Å². The van der Waals surface area contributed by atoms with Gasteiger partial charge in [0.15, 0.2) is 0 Å². The fourth-order valence-electron chi connectivity index (χ4n) is 1.34. The number of β-amino-alcohol motifs (C(OH)–C–C–N with tert-alkyl or cyclic N) is 1. The summed E-state index contributed by atoms with van der Waals surface area (Å²) in [6.07, 6.45) is 1.39. The third-order valence-corrected chi connectivity index (χ3v) is 2.09. The van der Waals surface area contributed by atoms with Crippen LogP contribution in [0.2, 0.25) is 0 Å². The van der Waals surface area contributed by atoms with Gasteiger partial charge in [0.05, 0.1) is 6.10 Å². The van der Waals surface area contributed by atoms with Crippen LogP contribution in [0.15, 0.2) is 18.3 Å². The smallest absolute Gasteiger partial charge is 0.142 e. The van der Waals surface area contributed by atoms with E-state index in [1.54, 1.807) is 12.3 Å². The Bertz CT molecular complexity index is 352. The van der Waals surface area contributed by atoms with Crippen LogP contribution in [0.1, 0.15) is 5.69 Å². The number of hydrogen-bond acceptors (Lipinski definition) is 4. The van der Waals surface area contributed by atoms with Gasteiger partial charge in [-0.1, -0.05) is 0 Å². The second kappa shape index (κ2) is 3.04. The molecule has 2 heterocycles. The average Bonchev–Trinajstić information content (AvgIpc) is 2.13. The van der Waals surface area contributed by atoms with Crippen LogP contribution in [0.25, 0.3) is 0 Å². The highest BCUT2D eigenvalue weighted by Gasteiger charge is 2.24. The standard InChI is InChI=1S/C9H9N3O/c10-4-7-3-8(1-2-11-7)12-5-9(13)6-12/h1-3,9,13H,5-6H2. The molecule has 0 radical (unpaired) electrons. The molecule has 0 bridgehead atoms. The molecule has 2 rings (SSSR count). The van der Waals surface area contributed by atoms with Crippen molar-refractivity contribution in [2.45, 2.75) is 6.10 Å². The number of rotatable bonds is 1. The predicted octanol–water partition coefficient (Wildman–Crippen LogP) is 0.134. The van der Waals surface area contributed by atoms with Crippen LogP contribution in [-0.4, -0.2) is 29.3 Å². The monoisotopic (exact) mass is 175 g/mol. The van der Waals surface area contributed by atoms with Gasteiger partial charge in [0.2, 0.25) is 0 Å². The van der Waals surface area contributed by atoms with Crippen molar-refractivity contribution >= 4 is 5.69 Å². The van der Waals surface area contributed by atoms with Crippen molar-refractivity contribution in [1.82, 2.24) is 4.98 Å². The van der Waals surface area contributed by atoms with Crippen molar-refractivity contribution in [1.29, 1.82) is 5.26 Å². The van der Waals surface area contributed by atoms with E-state index in [9.17, 15) is 0 Å². The molecule has 1 aromatic rings. The number of aromatic nitrogens is 1. The lowest BCUT2D eigenvalue weighted by molar-refractivity contribution is 0.142. The second-order valence-corrected chi connectivity index (χ2v) is 3.07. The van der Waals surface area contributed by atoms with E-state index in [-0.39, 0.29) is 6.10 Å². The maximum Gasteiger partial charge on any atom is 0.142 e. The van der Waals surface area contributed by atoms with E-state index < -0.39 is 0 Å². The van der Waals surface area contributed by atoms with E-state index in [1.807, 2.05) is 17.0 Å². The van der Waals surface area contributed by atoms with Gasteiger partial charge in [0.25, 0.3) is 0 Å². The second-order valence-electron chi connectivity index (χ2n) is 3.07. The van der Waals surface area contributed by atoms with Crippen molar-refractivity contribution in [3.05, 3.63) is 24.0 Å².